The zero-order valence-electron chi connectivity index (χ0n) is 11.1. The Bertz CT molecular complexity index is 361. The molecule has 2 rings (SSSR count). The highest BCUT2D eigenvalue weighted by Crippen LogP contribution is 2.46. The van der Waals surface area contributed by atoms with E-state index in [9.17, 15) is 0 Å². The molecule has 18 heavy (non-hydrogen) atoms. The van der Waals surface area contributed by atoms with Crippen molar-refractivity contribution < 1.29 is 19.7 Å². The van der Waals surface area contributed by atoms with Gasteiger partial charge in [0.15, 0.2) is 6.79 Å². The number of rotatable bonds is 4. The lowest BCUT2D eigenvalue weighted by atomic mass is 9.67. The molecule has 0 aromatic carbocycles. The van der Waals surface area contributed by atoms with Crippen LogP contribution in [-0.4, -0.2) is 29.4 Å². The van der Waals surface area contributed by atoms with Gasteiger partial charge in [0.1, 0.15) is 12.6 Å². The minimum absolute atomic E-state index is 0.222. The van der Waals surface area contributed by atoms with Gasteiger partial charge in [-0.2, -0.15) is 0 Å². The van der Waals surface area contributed by atoms with Gasteiger partial charge in [-0.25, -0.2) is 0 Å². The molecule has 0 aliphatic heterocycles. The number of hydrogen-bond acceptors (Lipinski definition) is 4. The molecule has 1 fully saturated rings. The largest absolute Gasteiger partial charge is 0.468 e. The van der Waals surface area contributed by atoms with Crippen molar-refractivity contribution in [3.8, 4) is 0 Å². The Labute approximate surface area is 108 Å². The fourth-order valence-corrected chi connectivity index (χ4v) is 3.23. The summed E-state index contributed by atoms with van der Waals surface area (Å²) in [7, 11) is 0. The van der Waals surface area contributed by atoms with Crippen LogP contribution in [0.1, 0.15) is 33.1 Å². The molecule has 0 amide bonds. The van der Waals surface area contributed by atoms with Crippen LogP contribution in [0.3, 0.4) is 0 Å². The average molecular weight is 254 g/mol. The first-order chi connectivity index (χ1) is 8.62. The molecule has 0 spiro atoms. The first-order valence-electron chi connectivity index (χ1n) is 6.54. The Balaban J connectivity index is 2.35. The fraction of sp³-hybridized carbons (Fsp3) is 0.714. The maximum absolute atomic E-state index is 9.07. The molecule has 0 aromatic heterocycles. The number of aliphatic hydroxyl groups is 2. The first-order valence-corrected chi connectivity index (χ1v) is 6.54. The van der Waals surface area contributed by atoms with E-state index < -0.39 is 5.60 Å². The SMILES string of the molecule is CC1CCCC2C1=C(OCO)C=CC2(C)OCO. The summed E-state index contributed by atoms with van der Waals surface area (Å²) < 4.78 is 10.9. The van der Waals surface area contributed by atoms with Crippen LogP contribution in [0.5, 0.6) is 0 Å². The molecule has 2 N–H and O–H groups in total. The second-order valence-corrected chi connectivity index (χ2v) is 5.27. The third-order valence-electron chi connectivity index (χ3n) is 4.17. The van der Waals surface area contributed by atoms with E-state index in [1.54, 1.807) is 0 Å². The molecule has 3 atom stereocenters. The maximum Gasteiger partial charge on any atom is 0.186 e. The Morgan fingerprint density at radius 2 is 2.11 bits per heavy atom. The van der Waals surface area contributed by atoms with Crippen LogP contribution < -0.4 is 0 Å². The molecule has 2 aliphatic carbocycles. The summed E-state index contributed by atoms with van der Waals surface area (Å²) in [5.74, 6) is 1.42. The number of hydrogen-bond donors (Lipinski definition) is 2. The molecule has 4 heteroatoms. The van der Waals surface area contributed by atoms with Gasteiger partial charge >= 0.3 is 0 Å². The summed E-state index contributed by atoms with van der Waals surface area (Å²) in [5, 5.41) is 18.0. The molecule has 102 valence electrons. The van der Waals surface area contributed by atoms with Crippen molar-refractivity contribution in [3.05, 3.63) is 23.5 Å². The first kappa shape index (κ1) is 13.6. The smallest absolute Gasteiger partial charge is 0.186 e. The minimum Gasteiger partial charge on any atom is -0.468 e. The van der Waals surface area contributed by atoms with Crippen molar-refractivity contribution in [1.29, 1.82) is 0 Å². The van der Waals surface area contributed by atoms with Crippen LogP contribution in [0.25, 0.3) is 0 Å². The van der Waals surface area contributed by atoms with Crippen LogP contribution in [0.4, 0.5) is 0 Å². The number of ether oxygens (including phenoxy) is 2. The van der Waals surface area contributed by atoms with E-state index in [2.05, 4.69) is 6.92 Å². The number of fused-ring (bicyclic) bond motifs is 1. The quantitative estimate of drug-likeness (QED) is 0.753. The Hall–Kier alpha value is -0.840. The van der Waals surface area contributed by atoms with Gasteiger partial charge in [-0.1, -0.05) is 13.3 Å². The van der Waals surface area contributed by atoms with Crippen LogP contribution in [0, 0.1) is 11.8 Å². The van der Waals surface area contributed by atoms with Crippen molar-refractivity contribution >= 4 is 0 Å². The maximum atomic E-state index is 9.07. The fourth-order valence-electron chi connectivity index (χ4n) is 3.23. The van der Waals surface area contributed by atoms with E-state index in [1.807, 2.05) is 19.1 Å². The van der Waals surface area contributed by atoms with Crippen molar-refractivity contribution in [2.24, 2.45) is 11.8 Å². The van der Waals surface area contributed by atoms with Gasteiger partial charge in [-0.15, -0.1) is 0 Å². The monoisotopic (exact) mass is 254 g/mol. The van der Waals surface area contributed by atoms with Gasteiger partial charge < -0.3 is 19.7 Å². The third-order valence-corrected chi connectivity index (χ3v) is 4.17. The molecular weight excluding hydrogens is 232 g/mol. The third kappa shape index (κ3) is 2.32. The second-order valence-electron chi connectivity index (χ2n) is 5.27. The van der Waals surface area contributed by atoms with E-state index in [0.29, 0.717) is 5.92 Å². The van der Waals surface area contributed by atoms with Crippen molar-refractivity contribution in [3.63, 3.8) is 0 Å². The van der Waals surface area contributed by atoms with Crippen molar-refractivity contribution in [1.82, 2.24) is 0 Å². The molecule has 1 saturated carbocycles. The Morgan fingerprint density at radius 1 is 1.33 bits per heavy atom. The highest BCUT2D eigenvalue weighted by Gasteiger charge is 2.42. The van der Waals surface area contributed by atoms with Crippen LogP contribution in [-0.2, 0) is 9.47 Å². The molecule has 3 unspecified atom stereocenters. The summed E-state index contributed by atoms with van der Waals surface area (Å²) in [6.07, 6.45) is 7.10. The zero-order chi connectivity index (χ0) is 13.2. The predicted molar refractivity (Wildman–Crippen MR) is 67.4 cm³/mol. The zero-order valence-corrected chi connectivity index (χ0v) is 11.1. The summed E-state index contributed by atoms with van der Waals surface area (Å²) >= 11 is 0. The van der Waals surface area contributed by atoms with Crippen LogP contribution in [0.2, 0.25) is 0 Å². The normalized spacial score (nSPS) is 35.6. The number of allylic oxidation sites excluding steroid dienone is 1. The van der Waals surface area contributed by atoms with Gasteiger partial charge in [0.2, 0.25) is 0 Å². The van der Waals surface area contributed by atoms with Gasteiger partial charge in [-0.05, 0) is 43.4 Å². The standard InChI is InChI=1S/C14H22O4/c1-10-4-3-5-11-13(10)12(17-8-15)6-7-14(11,2)18-9-16/h6-7,10-11,15-16H,3-5,8-9H2,1-2H3. The van der Waals surface area contributed by atoms with Gasteiger partial charge in [0.25, 0.3) is 0 Å². The number of aliphatic hydroxyl groups excluding tert-OH is 2. The van der Waals surface area contributed by atoms with Crippen molar-refractivity contribution in [2.45, 2.75) is 38.7 Å². The van der Waals surface area contributed by atoms with E-state index in [-0.39, 0.29) is 19.5 Å². The van der Waals surface area contributed by atoms with Crippen molar-refractivity contribution in [2.75, 3.05) is 13.6 Å². The molecule has 0 radical (unpaired) electrons. The minimum atomic E-state index is -0.471. The molecule has 0 saturated heterocycles. The Morgan fingerprint density at radius 3 is 2.78 bits per heavy atom. The summed E-state index contributed by atoms with van der Waals surface area (Å²) in [6.45, 7) is 3.59. The molecule has 2 aliphatic rings. The van der Waals surface area contributed by atoms with Gasteiger partial charge in [-0.3, -0.25) is 0 Å². The highest BCUT2D eigenvalue weighted by molar-refractivity contribution is 5.35. The second kappa shape index (κ2) is 5.43. The molecular formula is C14H22O4. The van der Waals surface area contributed by atoms with E-state index in [1.165, 1.54) is 5.57 Å². The highest BCUT2D eigenvalue weighted by atomic mass is 16.6. The predicted octanol–water partition coefficient (Wildman–Crippen LogP) is 1.94. The molecule has 4 nitrogen and oxygen atoms in total. The molecule has 0 heterocycles. The van der Waals surface area contributed by atoms with E-state index in [0.717, 1.165) is 25.0 Å². The lowest BCUT2D eigenvalue weighted by Crippen LogP contribution is -2.42. The summed E-state index contributed by atoms with van der Waals surface area (Å²) in [5.41, 5.74) is 0.745. The topological polar surface area (TPSA) is 58.9 Å². The van der Waals surface area contributed by atoms with E-state index >= 15 is 0 Å². The van der Waals surface area contributed by atoms with Crippen LogP contribution >= 0.6 is 0 Å². The van der Waals surface area contributed by atoms with Crippen LogP contribution in [0.15, 0.2) is 23.5 Å². The van der Waals surface area contributed by atoms with Gasteiger partial charge in [0.05, 0.1) is 5.60 Å². The summed E-state index contributed by atoms with van der Waals surface area (Å²) in [6, 6.07) is 0. The average Bonchev–Trinajstić information content (AvgIpc) is 2.34. The lowest BCUT2D eigenvalue weighted by molar-refractivity contribution is -0.110. The van der Waals surface area contributed by atoms with E-state index in [4.69, 9.17) is 19.7 Å². The van der Waals surface area contributed by atoms with Gasteiger partial charge in [0, 0.05) is 5.92 Å². The molecule has 0 bridgehead atoms. The molecule has 0 aromatic rings. The lowest BCUT2D eigenvalue weighted by Gasteiger charge is -2.44. The Kier molecular flexibility index (Phi) is 4.10. The summed E-state index contributed by atoms with van der Waals surface area (Å²) in [4.78, 5) is 0.